The second-order valence-electron chi connectivity index (χ2n) is 3.31. The first-order valence-corrected chi connectivity index (χ1v) is 4.36. The lowest BCUT2D eigenvalue weighted by Gasteiger charge is -2.14. The maximum Gasteiger partial charge on any atom is 0.387 e. The predicted molar refractivity (Wildman–Crippen MR) is 47.1 cm³/mol. The zero-order valence-corrected chi connectivity index (χ0v) is 8.23. The van der Waals surface area contributed by atoms with E-state index in [4.69, 9.17) is 0 Å². The van der Waals surface area contributed by atoms with E-state index in [2.05, 4.69) is 4.74 Å². The molecule has 0 N–H and O–H groups in total. The summed E-state index contributed by atoms with van der Waals surface area (Å²) >= 11 is 0. The molecule has 0 spiro atoms. The first kappa shape index (κ1) is 11.8. The molecule has 0 saturated carbocycles. The largest absolute Gasteiger partial charge is 0.431 e. The van der Waals surface area contributed by atoms with E-state index in [0.717, 1.165) is 6.07 Å². The van der Waals surface area contributed by atoms with Gasteiger partial charge in [-0.2, -0.15) is 13.2 Å². The van der Waals surface area contributed by atoms with Crippen LogP contribution in [0.4, 0.5) is 17.6 Å². The molecule has 1 aromatic carbocycles. The lowest BCUT2D eigenvalue weighted by molar-refractivity contribution is -0.0532. The molecule has 84 valence electrons. The summed E-state index contributed by atoms with van der Waals surface area (Å²) in [7, 11) is 0. The Morgan fingerprint density at radius 2 is 1.73 bits per heavy atom. The maximum atomic E-state index is 13.1. The highest BCUT2D eigenvalue weighted by Crippen LogP contribution is 2.31. The van der Waals surface area contributed by atoms with E-state index in [9.17, 15) is 17.6 Å². The fourth-order valence-electron chi connectivity index (χ4n) is 1.21. The summed E-state index contributed by atoms with van der Waals surface area (Å²) in [5.74, 6) is -3.51. The number of rotatable bonds is 3. The van der Waals surface area contributed by atoms with Crippen molar-refractivity contribution in [1.82, 2.24) is 0 Å². The van der Waals surface area contributed by atoms with Crippen LogP contribution in [0.2, 0.25) is 0 Å². The molecule has 0 saturated heterocycles. The van der Waals surface area contributed by atoms with Crippen molar-refractivity contribution in [3.05, 3.63) is 29.3 Å². The Hall–Kier alpha value is -1.26. The highest BCUT2D eigenvalue weighted by Gasteiger charge is 2.19. The minimum atomic E-state index is -3.17. The summed E-state index contributed by atoms with van der Waals surface area (Å²) in [5, 5.41) is 0. The van der Waals surface area contributed by atoms with Crippen molar-refractivity contribution in [3.8, 4) is 5.75 Å². The predicted octanol–water partition coefficient (Wildman–Crippen LogP) is 3.69. The van der Waals surface area contributed by atoms with Crippen LogP contribution in [-0.4, -0.2) is 6.61 Å². The van der Waals surface area contributed by atoms with Gasteiger partial charge >= 0.3 is 6.61 Å². The third-order valence-corrected chi connectivity index (χ3v) is 1.91. The monoisotopic (exact) mass is 222 g/mol. The third-order valence-electron chi connectivity index (χ3n) is 1.91. The first-order chi connectivity index (χ1) is 6.93. The van der Waals surface area contributed by atoms with Gasteiger partial charge in [-0.3, -0.25) is 0 Å². The van der Waals surface area contributed by atoms with Gasteiger partial charge in [0.1, 0.15) is 0 Å². The summed E-state index contributed by atoms with van der Waals surface area (Å²) in [5.41, 5.74) is 0.217. The molecule has 0 fully saturated rings. The van der Waals surface area contributed by atoms with E-state index < -0.39 is 24.0 Å². The Morgan fingerprint density at radius 1 is 1.13 bits per heavy atom. The molecule has 15 heavy (non-hydrogen) atoms. The molecule has 0 heterocycles. The Labute approximate surface area is 84.7 Å². The molecule has 1 aromatic rings. The molecular weight excluding hydrogens is 212 g/mol. The molecule has 0 aliphatic carbocycles. The number of hydrogen-bond donors (Lipinski definition) is 0. The van der Waals surface area contributed by atoms with Gasteiger partial charge in [0.2, 0.25) is 5.82 Å². The Bertz CT molecular complexity index is 350. The molecule has 0 atom stereocenters. The van der Waals surface area contributed by atoms with Crippen molar-refractivity contribution in [2.75, 3.05) is 0 Å². The number of benzene rings is 1. The normalized spacial score (nSPS) is 11.2. The summed E-state index contributed by atoms with van der Waals surface area (Å²) in [6, 6.07) is 2.13. The molecule has 0 aromatic heterocycles. The summed E-state index contributed by atoms with van der Waals surface area (Å²) in [4.78, 5) is 0. The molecular formula is C10H10F4O. The van der Waals surface area contributed by atoms with Crippen LogP contribution in [0, 0.1) is 11.6 Å². The van der Waals surface area contributed by atoms with E-state index in [0.29, 0.717) is 0 Å². The fraction of sp³-hybridized carbons (Fsp3) is 0.400. The molecule has 0 aliphatic rings. The van der Waals surface area contributed by atoms with E-state index in [1.165, 1.54) is 6.07 Å². The van der Waals surface area contributed by atoms with Gasteiger partial charge in [0, 0.05) is 5.56 Å². The molecule has 5 heteroatoms. The van der Waals surface area contributed by atoms with Crippen LogP contribution in [0.25, 0.3) is 0 Å². The van der Waals surface area contributed by atoms with Gasteiger partial charge in [-0.15, -0.1) is 0 Å². The molecule has 1 nitrogen and oxygen atoms in total. The topological polar surface area (TPSA) is 9.23 Å². The van der Waals surface area contributed by atoms with Crippen LogP contribution in [0.5, 0.6) is 5.75 Å². The molecule has 0 radical (unpaired) electrons. The average Bonchev–Trinajstić information content (AvgIpc) is 2.12. The van der Waals surface area contributed by atoms with Crippen molar-refractivity contribution >= 4 is 0 Å². The van der Waals surface area contributed by atoms with Gasteiger partial charge < -0.3 is 4.74 Å². The second kappa shape index (κ2) is 4.51. The minimum Gasteiger partial charge on any atom is -0.431 e. The number of hydrogen-bond acceptors (Lipinski definition) is 1. The average molecular weight is 222 g/mol. The highest BCUT2D eigenvalue weighted by atomic mass is 19.3. The SMILES string of the molecule is CC(C)c1ccc(F)c(F)c1OC(F)F. The van der Waals surface area contributed by atoms with Crippen LogP contribution in [0.1, 0.15) is 25.3 Å². The van der Waals surface area contributed by atoms with E-state index in [1.54, 1.807) is 13.8 Å². The summed E-state index contributed by atoms with van der Waals surface area (Å²) in [6.07, 6.45) is 0. The lowest BCUT2D eigenvalue weighted by Crippen LogP contribution is -2.08. The number of halogens is 4. The van der Waals surface area contributed by atoms with E-state index in [-0.39, 0.29) is 11.5 Å². The quantitative estimate of drug-likeness (QED) is 0.708. The highest BCUT2D eigenvalue weighted by molar-refractivity contribution is 5.37. The van der Waals surface area contributed by atoms with Gasteiger partial charge in [-0.25, -0.2) is 4.39 Å². The van der Waals surface area contributed by atoms with Crippen LogP contribution in [0.3, 0.4) is 0 Å². The van der Waals surface area contributed by atoms with Gasteiger partial charge in [0.25, 0.3) is 0 Å². The Morgan fingerprint density at radius 3 is 2.20 bits per heavy atom. The lowest BCUT2D eigenvalue weighted by atomic mass is 10.0. The van der Waals surface area contributed by atoms with Gasteiger partial charge in [0.15, 0.2) is 11.6 Å². The standard InChI is InChI=1S/C10H10F4O/c1-5(2)6-3-4-7(11)8(12)9(6)15-10(13)14/h3-5,10H,1-2H3. The Balaban J connectivity index is 3.22. The zero-order chi connectivity index (χ0) is 11.6. The van der Waals surface area contributed by atoms with Crippen molar-refractivity contribution in [2.24, 2.45) is 0 Å². The van der Waals surface area contributed by atoms with Gasteiger partial charge in [-0.05, 0) is 12.0 Å². The fourth-order valence-corrected chi connectivity index (χ4v) is 1.21. The molecule has 0 unspecified atom stereocenters. The first-order valence-electron chi connectivity index (χ1n) is 4.36. The third kappa shape index (κ3) is 2.61. The molecule has 0 bridgehead atoms. The van der Waals surface area contributed by atoms with Crippen LogP contribution < -0.4 is 4.74 Å². The van der Waals surface area contributed by atoms with Crippen molar-refractivity contribution in [3.63, 3.8) is 0 Å². The van der Waals surface area contributed by atoms with Crippen molar-refractivity contribution < 1.29 is 22.3 Å². The Kier molecular flexibility index (Phi) is 3.55. The maximum absolute atomic E-state index is 13.1. The van der Waals surface area contributed by atoms with Crippen LogP contribution >= 0.6 is 0 Å². The van der Waals surface area contributed by atoms with E-state index >= 15 is 0 Å². The van der Waals surface area contributed by atoms with Crippen molar-refractivity contribution in [1.29, 1.82) is 0 Å². The van der Waals surface area contributed by atoms with Gasteiger partial charge in [-0.1, -0.05) is 19.9 Å². The molecule has 0 amide bonds. The van der Waals surface area contributed by atoms with Gasteiger partial charge in [0.05, 0.1) is 0 Å². The molecule has 1 rings (SSSR count). The zero-order valence-electron chi connectivity index (χ0n) is 8.23. The summed E-state index contributed by atoms with van der Waals surface area (Å²) in [6.45, 7) is 0.175. The number of alkyl halides is 2. The second-order valence-corrected chi connectivity index (χ2v) is 3.31. The molecule has 0 aliphatic heterocycles. The minimum absolute atomic E-state index is 0.217. The number of ether oxygens (including phenoxy) is 1. The van der Waals surface area contributed by atoms with Crippen LogP contribution in [-0.2, 0) is 0 Å². The van der Waals surface area contributed by atoms with Crippen molar-refractivity contribution in [2.45, 2.75) is 26.4 Å². The summed E-state index contributed by atoms with van der Waals surface area (Å²) < 4.78 is 53.8. The van der Waals surface area contributed by atoms with E-state index in [1.807, 2.05) is 0 Å². The van der Waals surface area contributed by atoms with Crippen LogP contribution in [0.15, 0.2) is 12.1 Å². The smallest absolute Gasteiger partial charge is 0.387 e.